The predicted octanol–water partition coefficient (Wildman–Crippen LogP) is 4.58. The summed E-state index contributed by atoms with van der Waals surface area (Å²) >= 11 is 6.50. The van der Waals surface area contributed by atoms with Gasteiger partial charge in [0.25, 0.3) is 0 Å². The average Bonchev–Trinajstić information content (AvgIpc) is 3.51. The summed E-state index contributed by atoms with van der Waals surface area (Å²) in [5.41, 5.74) is 1.12. The van der Waals surface area contributed by atoms with Gasteiger partial charge in [0, 0.05) is 70.2 Å². The molecule has 3 N–H and O–H groups in total. The highest BCUT2D eigenvalue weighted by Gasteiger charge is 2.62. The maximum atomic E-state index is 14.3. The molecule has 0 bridgehead atoms. The summed E-state index contributed by atoms with van der Waals surface area (Å²) in [5.74, 6) is 0.372. The Morgan fingerprint density at radius 2 is 1.88 bits per heavy atom. The lowest BCUT2D eigenvalue weighted by Crippen LogP contribution is -2.66. The number of hydrogen-bond acceptors (Lipinski definition) is 13. The molecule has 2 aliphatic carbocycles. The second kappa shape index (κ2) is 15.1. The molecule has 304 valence electrons. The number of para-hydroxylation sites is 1. The molecule has 6 aliphatic rings. The van der Waals surface area contributed by atoms with E-state index in [2.05, 4.69) is 28.1 Å². The van der Waals surface area contributed by atoms with E-state index in [9.17, 15) is 19.8 Å². The second-order valence-corrected chi connectivity index (χ2v) is 17.8. The number of aryl methyl sites for hydroxylation is 1. The number of esters is 2. The summed E-state index contributed by atoms with van der Waals surface area (Å²) in [6.45, 7) is 14.0. The molecular formula is C42H57ClN6O7. The van der Waals surface area contributed by atoms with Gasteiger partial charge in [-0.25, -0.2) is 9.97 Å². The van der Waals surface area contributed by atoms with Gasteiger partial charge in [-0.1, -0.05) is 43.7 Å². The van der Waals surface area contributed by atoms with Crippen molar-refractivity contribution in [2.45, 2.75) is 122 Å². The Balaban J connectivity index is 1.03. The number of halogens is 1. The van der Waals surface area contributed by atoms with E-state index in [1.807, 2.05) is 20.8 Å². The zero-order valence-corrected chi connectivity index (χ0v) is 34.2. The van der Waals surface area contributed by atoms with Gasteiger partial charge in [-0.3, -0.25) is 29.7 Å². The summed E-state index contributed by atoms with van der Waals surface area (Å²) < 4.78 is 12.2. The standard InChI is InChI=1S/C42H57ClN6O7/c1-23-19-31-28(24(2)21-48-18-15-29-34(22-48)44-26(4)45-38(29)49-16-8-7-9-17-49)14-13-25(3)42(31,53)37(36(23)54-27(5)50)55-39(51)33-20-41(52)30-11-10-12-32(43)35(30)47(6)56-40(41)46-33/h10-12,19,24-25,28,31,33,36-37,40,46,52-53H,7-9,13-18,20-22H2,1-6H3/t24?,25-,28+,31-,33+,36-,37+,40-,41-,42-/m1/s1. The summed E-state index contributed by atoms with van der Waals surface area (Å²) in [6.07, 6.45) is 5.11. The van der Waals surface area contributed by atoms with Crippen LogP contribution in [0.3, 0.4) is 0 Å². The number of carbonyl (C=O) groups is 2. The first-order valence-electron chi connectivity index (χ1n) is 20.5. The topological polar surface area (TPSA) is 150 Å². The number of aliphatic hydroxyl groups is 2. The van der Waals surface area contributed by atoms with E-state index in [1.54, 1.807) is 25.2 Å². The van der Waals surface area contributed by atoms with E-state index in [4.69, 9.17) is 35.9 Å². The Kier molecular flexibility index (Phi) is 10.7. The Morgan fingerprint density at radius 1 is 1.11 bits per heavy atom. The number of hydroxylamine groups is 1. The van der Waals surface area contributed by atoms with Crippen molar-refractivity contribution >= 4 is 35.0 Å². The molecule has 13 nitrogen and oxygen atoms in total. The van der Waals surface area contributed by atoms with E-state index in [-0.39, 0.29) is 30.1 Å². The second-order valence-electron chi connectivity index (χ2n) is 17.3. The van der Waals surface area contributed by atoms with Crippen molar-refractivity contribution in [3.63, 3.8) is 0 Å². The fraction of sp³-hybridized carbons (Fsp3) is 0.667. The van der Waals surface area contributed by atoms with Crippen LogP contribution in [0.25, 0.3) is 0 Å². The number of fused-ring (bicyclic) bond motifs is 5. The first-order chi connectivity index (χ1) is 26.7. The molecule has 1 saturated carbocycles. The molecular weight excluding hydrogens is 736 g/mol. The van der Waals surface area contributed by atoms with Gasteiger partial charge in [-0.15, -0.1) is 0 Å². The highest BCUT2D eigenvalue weighted by Crippen LogP contribution is 2.53. The van der Waals surface area contributed by atoms with Gasteiger partial charge >= 0.3 is 11.9 Å². The molecule has 1 aromatic carbocycles. The summed E-state index contributed by atoms with van der Waals surface area (Å²) in [6, 6.07) is 4.27. The molecule has 2 aromatic rings. The van der Waals surface area contributed by atoms with Crippen molar-refractivity contribution in [1.82, 2.24) is 20.2 Å². The lowest BCUT2D eigenvalue weighted by atomic mass is 9.55. The molecule has 10 atom stereocenters. The Bertz CT molecular complexity index is 1890. The molecule has 8 rings (SSSR count). The van der Waals surface area contributed by atoms with Crippen LogP contribution in [0.15, 0.2) is 29.8 Å². The molecule has 56 heavy (non-hydrogen) atoms. The zero-order valence-electron chi connectivity index (χ0n) is 33.5. The normalized spacial score (nSPS) is 34.7. The van der Waals surface area contributed by atoms with Gasteiger partial charge in [0.05, 0.1) is 16.4 Å². The molecule has 3 fully saturated rings. The Morgan fingerprint density at radius 3 is 2.62 bits per heavy atom. The number of ether oxygens (including phenoxy) is 2. The lowest BCUT2D eigenvalue weighted by Gasteiger charge is -2.56. The lowest BCUT2D eigenvalue weighted by molar-refractivity contribution is -0.225. The molecule has 14 heteroatoms. The molecule has 5 heterocycles. The fourth-order valence-electron chi connectivity index (χ4n) is 10.8. The first kappa shape index (κ1) is 39.5. The maximum absolute atomic E-state index is 14.3. The van der Waals surface area contributed by atoms with Crippen molar-refractivity contribution in [2.24, 2.45) is 23.7 Å². The Labute approximate surface area is 334 Å². The smallest absolute Gasteiger partial charge is 0.323 e. The third kappa shape index (κ3) is 6.79. The molecule has 1 unspecified atom stereocenters. The minimum absolute atomic E-state index is 0.0442. The summed E-state index contributed by atoms with van der Waals surface area (Å²) in [7, 11) is 1.70. The fourth-order valence-corrected chi connectivity index (χ4v) is 11.1. The SMILES string of the molecule is CC(=O)O[C@@H]1C(C)=C[C@@H]2[C@H](C(C)CN3CCc4c(nc(C)nc4N4CCCCC4)C3)CC[C@@H](C)[C@]2(O)[C@H]1OC(=O)[C@@H]1C[C@@]2(O)c3cccc(Cl)c3N(C)O[C@H]2N1. The minimum atomic E-state index is -1.57. The Hall–Kier alpha value is -3.33. The molecule has 0 amide bonds. The average molecular weight is 793 g/mol. The van der Waals surface area contributed by atoms with Crippen molar-refractivity contribution in [3.8, 4) is 0 Å². The zero-order chi connectivity index (χ0) is 39.7. The minimum Gasteiger partial charge on any atom is -0.454 e. The summed E-state index contributed by atoms with van der Waals surface area (Å²) in [4.78, 5) is 47.6. The van der Waals surface area contributed by atoms with E-state index in [1.165, 1.54) is 36.8 Å². The highest BCUT2D eigenvalue weighted by atomic mass is 35.5. The van der Waals surface area contributed by atoms with Crippen LogP contribution in [0.1, 0.15) is 88.9 Å². The number of piperidine rings is 1. The predicted molar refractivity (Wildman–Crippen MR) is 211 cm³/mol. The monoisotopic (exact) mass is 792 g/mol. The molecule has 2 saturated heterocycles. The van der Waals surface area contributed by atoms with Crippen molar-refractivity contribution in [2.75, 3.05) is 43.2 Å². The van der Waals surface area contributed by atoms with Crippen molar-refractivity contribution in [1.29, 1.82) is 0 Å². The van der Waals surface area contributed by atoms with E-state index < -0.39 is 47.6 Å². The van der Waals surface area contributed by atoms with Crippen LogP contribution in [0, 0.1) is 30.6 Å². The van der Waals surface area contributed by atoms with Crippen LogP contribution < -0.4 is 15.3 Å². The van der Waals surface area contributed by atoms with Crippen molar-refractivity contribution in [3.05, 3.63) is 57.5 Å². The van der Waals surface area contributed by atoms with Gasteiger partial charge in [0.2, 0.25) is 0 Å². The van der Waals surface area contributed by atoms with Gasteiger partial charge < -0.3 is 24.6 Å². The first-order valence-corrected chi connectivity index (χ1v) is 20.9. The van der Waals surface area contributed by atoms with Crippen LogP contribution in [0.5, 0.6) is 0 Å². The van der Waals surface area contributed by atoms with Crippen molar-refractivity contribution < 1.29 is 34.1 Å². The summed E-state index contributed by atoms with van der Waals surface area (Å²) in [5, 5.41) is 30.0. The van der Waals surface area contributed by atoms with E-state index in [0.29, 0.717) is 22.7 Å². The third-order valence-electron chi connectivity index (χ3n) is 13.7. The number of nitrogens with zero attached hydrogens (tertiary/aromatic N) is 5. The van der Waals surface area contributed by atoms with Crippen LogP contribution in [-0.4, -0.2) is 100 Å². The van der Waals surface area contributed by atoms with Gasteiger partial charge in [0.15, 0.2) is 18.4 Å². The number of hydrogen-bond donors (Lipinski definition) is 3. The van der Waals surface area contributed by atoms with Gasteiger partial charge in [-0.2, -0.15) is 0 Å². The molecule has 0 spiro atoms. The number of anilines is 2. The van der Waals surface area contributed by atoms with Crippen LogP contribution in [-0.2, 0) is 42.5 Å². The number of aromatic nitrogens is 2. The number of benzene rings is 1. The quantitative estimate of drug-likeness (QED) is 0.266. The molecule has 4 aliphatic heterocycles. The van der Waals surface area contributed by atoms with E-state index in [0.717, 1.165) is 68.5 Å². The van der Waals surface area contributed by atoms with Gasteiger partial charge in [-0.05, 0) is 81.8 Å². The van der Waals surface area contributed by atoms with Crippen LogP contribution in [0.2, 0.25) is 5.02 Å². The molecule has 1 aromatic heterocycles. The third-order valence-corrected chi connectivity index (χ3v) is 14.0. The number of nitrogens with one attached hydrogen (secondary N) is 1. The highest BCUT2D eigenvalue weighted by molar-refractivity contribution is 6.33. The molecule has 0 radical (unpaired) electrons. The number of carbonyl (C=O) groups excluding carboxylic acids is 2. The largest absolute Gasteiger partial charge is 0.454 e. The van der Waals surface area contributed by atoms with Crippen LogP contribution >= 0.6 is 11.6 Å². The van der Waals surface area contributed by atoms with E-state index >= 15 is 0 Å². The number of rotatable bonds is 7. The van der Waals surface area contributed by atoms with Crippen LogP contribution in [0.4, 0.5) is 11.5 Å². The van der Waals surface area contributed by atoms with Gasteiger partial charge in [0.1, 0.15) is 28.9 Å². The maximum Gasteiger partial charge on any atom is 0.323 e.